The van der Waals surface area contributed by atoms with Gasteiger partial charge in [-0.15, -0.1) is 0 Å². The topological polar surface area (TPSA) is 30.0 Å². The SMILES string of the molecule is C=C(C(Cc1ccccc1)C(=O)Cc1cnc2c(F)cccc2c1)C(F)(F)F. The third-order valence-corrected chi connectivity index (χ3v) is 4.55. The summed E-state index contributed by atoms with van der Waals surface area (Å²) in [4.78, 5) is 16.7. The average molecular weight is 387 g/mol. The first kappa shape index (κ1) is 19.7. The van der Waals surface area contributed by atoms with Gasteiger partial charge in [0.2, 0.25) is 0 Å². The average Bonchev–Trinajstić information content (AvgIpc) is 2.65. The molecule has 1 atom stereocenters. The Morgan fingerprint density at radius 1 is 1.04 bits per heavy atom. The van der Waals surface area contributed by atoms with Gasteiger partial charge in [-0.25, -0.2) is 4.39 Å². The molecule has 1 unspecified atom stereocenters. The number of ketones is 1. The zero-order valence-electron chi connectivity index (χ0n) is 14.8. The third-order valence-electron chi connectivity index (χ3n) is 4.55. The molecule has 0 saturated heterocycles. The van der Waals surface area contributed by atoms with Crippen LogP contribution in [0.2, 0.25) is 0 Å². The maximum atomic E-state index is 13.7. The Labute approximate surface area is 159 Å². The van der Waals surface area contributed by atoms with Gasteiger partial charge in [-0.2, -0.15) is 13.2 Å². The van der Waals surface area contributed by atoms with Gasteiger partial charge in [0.15, 0.2) is 0 Å². The highest BCUT2D eigenvalue weighted by Gasteiger charge is 2.39. The Morgan fingerprint density at radius 3 is 2.43 bits per heavy atom. The number of hydrogen-bond donors (Lipinski definition) is 0. The van der Waals surface area contributed by atoms with E-state index in [1.165, 1.54) is 18.3 Å². The quantitative estimate of drug-likeness (QED) is 0.415. The number of carbonyl (C=O) groups excluding carboxylic acids is 1. The number of alkyl halides is 3. The normalized spacial score (nSPS) is 12.7. The minimum absolute atomic E-state index is 0.0896. The van der Waals surface area contributed by atoms with E-state index in [1.54, 1.807) is 42.5 Å². The lowest BCUT2D eigenvalue weighted by atomic mass is 9.86. The summed E-state index contributed by atoms with van der Waals surface area (Å²) in [6, 6.07) is 14.5. The smallest absolute Gasteiger partial charge is 0.299 e. The van der Waals surface area contributed by atoms with E-state index in [4.69, 9.17) is 0 Å². The second-order valence-electron chi connectivity index (χ2n) is 6.56. The van der Waals surface area contributed by atoms with Crippen molar-refractivity contribution in [3.8, 4) is 0 Å². The van der Waals surface area contributed by atoms with Crippen LogP contribution in [0.1, 0.15) is 11.1 Å². The molecule has 0 bridgehead atoms. The molecular weight excluding hydrogens is 370 g/mol. The number of aromatic nitrogens is 1. The molecule has 0 saturated carbocycles. The summed E-state index contributed by atoms with van der Waals surface area (Å²) in [6.07, 6.45) is -3.68. The highest BCUT2D eigenvalue weighted by molar-refractivity contribution is 5.87. The minimum atomic E-state index is -4.67. The van der Waals surface area contributed by atoms with Crippen LogP contribution in [0.5, 0.6) is 0 Å². The lowest BCUT2D eigenvalue weighted by Crippen LogP contribution is -2.28. The largest absolute Gasteiger partial charge is 0.412 e. The van der Waals surface area contributed by atoms with Crippen molar-refractivity contribution in [1.29, 1.82) is 0 Å². The minimum Gasteiger partial charge on any atom is -0.299 e. The molecule has 1 heterocycles. The summed E-state index contributed by atoms with van der Waals surface area (Å²) in [5.74, 6) is -2.50. The maximum Gasteiger partial charge on any atom is 0.412 e. The number of para-hydroxylation sites is 1. The van der Waals surface area contributed by atoms with Crippen LogP contribution in [-0.4, -0.2) is 16.9 Å². The summed E-state index contributed by atoms with van der Waals surface area (Å²) in [6.45, 7) is 3.14. The molecule has 3 rings (SSSR count). The van der Waals surface area contributed by atoms with E-state index in [2.05, 4.69) is 11.6 Å². The number of benzene rings is 2. The number of pyridine rings is 1. The van der Waals surface area contributed by atoms with Crippen molar-refractivity contribution < 1.29 is 22.4 Å². The zero-order chi connectivity index (χ0) is 20.3. The summed E-state index contributed by atoms with van der Waals surface area (Å²) < 4.78 is 53.5. The van der Waals surface area contributed by atoms with Crippen molar-refractivity contribution in [2.24, 2.45) is 5.92 Å². The molecule has 2 nitrogen and oxygen atoms in total. The first-order chi connectivity index (χ1) is 13.3. The first-order valence-corrected chi connectivity index (χ1v) is 8.61. The molecule has 0 spiro atoms. The standard InChI is InChI=1S/C22H17F4NO/c1-14(22(24,25)26)18(11-15-6-3-2-4-7-15)20(28)12-16-10-17-8-5-9-19(23)21(17)27-13-16/h2-10,13,18H,1,11-12H2. The van der Waals surface area contributed by atoms with Crippen LogP contribution in [0, 0.1) is 11.7 Å². The number of halogens is 4. The number of carbonyl (C=O) groups is 1. The molecule has 0 aliphatic heterocycles. The molecule has 0 radical (unpaired) electrons. The fraction of sp³-hybridized carbons (Fsp3) is 0.182. The van der Waals surface area contributed by atoms with Gasteiger partial charge in [0.05, 0.1) is 5.92 Å². The Kier molecular flexibility index (Phi) is 5.58. The summed E-state index contributed by atoms with van der Waals surface area (Å²) in [5.41, 5.74) is 0.126. The van der Waals surface area contributed by atoms with E-state index in [9.17, 15) is 22.4 Å². The number of nitrogens with zero attached hydrogens (tertiary/aromatic N) is 1. The molecule has 144 valence electrons. The van der Waals surface area contributed by atoms with Crippen molar-refractivity contribution >= 4 is 16.7 Å². The van der Waals surface area contributed by atoms with E-state index in [0.29, 0.717) is 16.5 Å². The molecule has 0 aliphatic carbocycles. The Morgan fingerprint density at radius 2 is 1.75 bits per heavy atom. The van der Waals surface area contributed by atoms with Crippen LogP contribution in [0.25, 0.3) is 10.9 Å². The maximum absolute atomic E-state index is 13.7. The highest BCUT2D eigenvalue weighted by atomic mass is 19.4. The van der Waals surface area contributed by atoms with Crippen LogP contribution in [0.3, 0.4) is 0 Å². The second kappa shape index (κ2) is 7.92. The zero-order valence-corrected chi connectivity index (χ0v) is 14.8. The third kappa shape index (κ3) is 4.44. The van der Waals surface area contributed by atoms with E-state index in [1.807, 2.05) is 0 Å². The van der Waals surface area contributed by atoms with Crippen LogP contribution >= 0.6 is 0 Å². The van der Waals surface area contributed by atoms with E-state index < -0.39 is 29.3 Å². The summed E-state index contributed by atoms with van der Waals surface area (Å²) in [5, 5.41) is 0.486. The molecule has 6 heteroatoms. The Bertz CT molecular complexity index is 1010. The van der Waals surface area contributed by atoms with E-state index >= 15 is 0 Å². The molecule has 28 heavy (non-hydrogen) atoms. The van der Waals surface area contributed by atoms with Gasteiger partial charge >= 0.3 is 6.18 Å². The van der Waals surface area contributed by atoms with Gasteiger partial charge in [-0.1, -0.05) is 49.0 Å². The molecular formula is C22H17F4NO. The van der Waals surface area contributed by atoms with Gasteiger partial charge in [-0.3, -0.25) is 9.78 Å². The van der Waals surface area contributed by atoms with Gasteiger partial charge in [0.25, 0.3) is 0 Å². The van der Waals surface area contributed by atoms with Gasteiger partial charge in [0, 0.05) is 23.6 Å². The molecule has 0 aliphatic rings. The number of allylic oxidation sites excluding steroid dienone is 1. The number of hydrogen-bond acceptors (Lipinski definition) is 2. The fourth-order valence-electron chi connectivity index (χ4n) is 3.07. The predicted molar refractivity (Wildman–Crippen MR) is 99.2 cm³/mol. The number of rotatable bonds is 6. The van der Waals surface area contributed by atoms with Gasteiger partial charge in [-0.05, 0) is 29.7 Å². The molecule has 0 fully saturated rings. The monoisotopic (exact) mass is 387 g/mol. The van der Waals surface area contributed by atoms with Crippen molar-refractivity contribution in [2.75, 3.05) is 0 Å². The van der Waals surface area contributed by atoms with Crippen molar-refractivity contribution in [3.63, 3.8) is 0 Å². The molecule has 2 aromatic carbocycles. The Balaban J connectivity index is 1.87. The summed E-state index contributed by atoms with van der Waals surface area (Å²) in [7, 11) is 0. The lowest BCUT2D eigenvalue weighted by Gasteiger charge is -2.21. The number of fused-ring (bicyclic) bond motifs is 1. The van der Waals surface area contributed by atoms with Crippen molar-refractivity contribution in [2.45, 2.75) is 19.0 Å². The van der Waals surface area contributed by atoms with E-state index in [-0.39, 0.29) is 18.4 Å². The highest BCUT2D eigenvalue weighted by Crippen LogP contribution is 2.33. The van der Waals surface area contributed by atoms with Crippen molar-refractivity contribution in [1.82, 2.24) is 4.98 Å². The van der Waals surface area contributed by atoms with Gasteiger partial charge < -0.3 is 0 Å². The first-order valence-electron chi connectivity index (χ1n) is 8.61. The fourth-order valence-corrected chi connectivity index (χ4v) is 3.07. The van der Waals surface area contributed by atoms with Crippen LogP contribution in [0.15, 0.2) is 72.9 Å². The summed E-state index contributed by atoms with van der Waals surface area (Å²) >= 11 is 0. The van der Waals surface area contributed by atoms with Crippen LogP contribution in [-0.2, 0) is 17.6 Å². The number of Topliss-reactive ketones (excluding diaryl/α,β-unsaturated/α-hetero) is 1. The second-order valence-corrected chi connectivity index (χ2v) is 6.56. The van der Waals surface area contributed by atoms with Crippen LogP contribution in [0.4, 0.5) is 17.6 Å². The Hall–Kier alpha value is -3.02. The molecule has 3 aromatic rings. The van der Waals surface area contributed by atoms with E-state index in [0.717, 1.165) is 0 Å². The predicted octanol–water partition coefficient (Wildman–Crippen LogP) is 5.46. The lowest BCUT2D eigenvalue weighted by molar-refractivity contribution is -0.128. The molecule has 1 aromatic heterocycles. The molecule has 0 amide bonds. The van der Waals surface area contributed by atoms with Crippen molar-refractivity contribution in [3.05, 3.63) is 89.9 Å². The van der Waals surface area contributed by atoms with Gasteiger partial charge in [0.1, 0.15) is 17.1 Å². The molecule has 0 N–H and O–H groups in total. The van der Waals surface area contributed by atoms with Crippen LogP contribution < -0.4 is 0 Å².